The van der Waals surface area contributed by atoms with Crippen molar-refractivity contribution in [2.45, 2.75) is 104 Å². The Labute approximate surface area is 283 Å². The molecule has 1 aromatic carbocycles. The molecule has 1 saturated heterocycles. The Bertz CT molecular complexity index is 1660. The Morgan fingerprint density at radius 3 is 2.50 bits per heavy atom. The van der Waals surface area contributed by atoms with Gasteiger partial charge in [0.15, 0.2) is 0 Å². The largest absolute Gasteiger partial charge is 0.492 e. The number of rotatable bonds is 11. The van der Waals surface area contributed by atoms with Crippen molar-refractivity contribution < 1.29 is 33.3 Å². The Hall–Kier alpha value is -3.55. The first-order chi connectivity index (χ1) is 22.5. The average Bonchev–Trinajstić information content (AvgIpc) is 3.77. The fraction of sp³-hybridized carbons (Fsp3) is 0.600. The van der Waals surface area contributed by atoms with E-state index in [1.54, 1.807) is 33.8 Å². The number of amides is 2. The van der Waals surface area contributed by atoms with Crippen LogP contribution >= 0.6 is 0 Å². The zero-order valence-corrected chi connectivity index (χ0v) is 30.5. The second kappa shape index (κ2) is 14.1. The number of nitrogens with zero attached hydrogens (tertiary/aromatic N) is 4. The molecule has 48 heavy (non-hydrogen) atoms. The van der Waals surface area contributed by atoms with Crippen LogP contribution in [0.4, 0.5) is 9.18 Å². The quantitative estimate of drug-likeness (QED) is 0.185. The summed E-state index contributed by atoms with van der Waals surface area (Å²) in [6.45, 7) is 17.3. The first-order valence-corrected chi connectivity index (χ1v) is 20.5. The lowest BCUT2D eigenvalue weighted by atomic mass is 10.0. The Morgan fingerprint density at radius 1 is 1.12 bits per heavy atom. The molecule has 5 rings (SSSR count). The molecule has 13 heteroatoms. The lowest BCUT2D eigenvalue weighted by molar-refractivity contribution is -0.00408. The van der Waals surface area contributed by atoms with Gasteiger partial charge in [-0.15, -0.1) is 0 Å². The van der Waals surface area contributed by atoms with E-state index in [9.17, 15) is 19.1 Å². The maximum Gasteiger partial charge on any atom is 0.410 e. The van der Waals surface area contributed by atoms with Gasteiger partial charge in [-0.2, -0.15) is 0 Å². The van der Waals surface area contributed by atoms with Gasteiger partial charge in [-0.05, 0) is 77.5 Å². The van der Waals surface area contributed by atoms with Crippen LogP contribution in [0, 0.1) is 25.6 Å². The van der Waals surface area contributed by atoms with E-state index >= 15 is 0 Å². The predicted molar refractivity (Wildman–Crippen MR) is 184 cm³/mol. The molecule has 2 N–H and O–H groups in total. The number of hydrogen-bond donors (Lipinski definition) is 2. The highest BCUT2D eigenvalue weighted by Crippen LogP contribution is 2.39. The molecule has 1 saturated carbocycles. The highest BCUT2D eigenvalue weighted by Gasteiger charge is 2.35. The van der Waals surface area contributed by atoms with E-state index < -0.39 is 37.8 Å². The second-order valence-electron chi connectivity index (χ2n) is 15.4. The van der Waals surface area contributed by atoms with Crippen molar-refractivity contribution in [1.29, 1.82) is 0 Å². The van der Waals surface area contributed by atoms with E-state index in [-0.39, 0.29) is 19.1 Å². The zero-order chi connectivity index (χ0) is 35.0. The minimum Gasteiger partial charge on any atom is -0.492 e. The number of halogens is 1. The number of aliphatic hydroxyl groups excluding tert-OH is 1. The van der Waals surface area contributed by atoms with Gasteiger partial charge in [0.1, 0.15) is 41.4 Å². The summed E-state index contributed by atoms with van der Waals surface area (Å²) in [4.78, 5) is 37.4. The number of carbonyl (C=O) groups is 2. The minimum absolute atomic E-state index is 0.0331. The first kappa shape index (κ1) is 35.7. The van der Waals surface area contributed by atoms with Gasteiger partial charge in [-0.1, -0.05) is 19.6 Å². The molecule has 3 aromatic rings. The molecule has 1 aliphatic heterocycles. The molecule has 0 bridgehead atoms. The normalized spacial score (nSPS) is 18.7. The van der Waals surface area contributed by atoms with Crippen LogP contribution in [0.3, 0.4) is 0 Å². The van der Waals surface area contributed by atoms with E-state index in [0.717, 1.165) is 18.9 Å². The molecule has 0 unspecified atom stereocenters. The van der Waals surface area contributed by atoms with Gasteiger partial charge in [-0.25, -0.2) is 19.2 Å². The van der Waals surface area contributed by atoms with Crippen molar-refractivity contribution in [3.05, 3.63) is 41.1 Å². The third-order valence-corrected chi connectivity index (χ3v) is 10.5. The number of benzene rings is 1. The minimum atomic E-state index is -1.36. The van der Waals surface area contributed by atoms with Crippen molar-refractivity contribution in [2.75, 3.05) is 26.3 Å². The van der Waals surface area contributed by atoms with Crippen LogP contribution in [-0.2, 0) is 16.2 Å². The van der Waals surface area contributed by atoms with Crippen molar-refractivity contribution in [3.63, 3.8) is 0 Å². The summed E-state index contributed by atoms with van der Waals surface area (Å²) in [5, 5.41) is 14.0. The standard InChI is InChI=1S/C35H50FN5O6Si/c1-21-15-24(28(16-25(21)36)46-18-23-9-10-23)30-32-31(38-19-37-30)29(22(2)41(32)20-45-13-14-48(6,7)8)33(43)39-26-11-12-40(17-27(26)42)34(44)47-35(3,4)5/h15-16,19,23,26-27,42H,9-14,17-18,20H2,1-8H3,(H,39,43)/t26-,27-/m1/s1. The number of β-amino-alcohol motifs (C(OH)–C–C–N with tert-alkyl or cyclic N) is 1. The van der Waals surface area contributed by atoms with Crippen LogP contribution < -0.4 is 10.1 Å². The number of carbonyl (C=O) groups excluding carboxylic acids is 2. The van der Waals surface area contributed by atoms with Crippen molar-refractivity contribution in [3.8, 4) is 17.0 Å². The molecule has 2 aromatic heterocycles. The summed E-state index contributed by atoms with van der Waals surface area (Å²) in [7, 11) is -1.36. The van der Waals surface area contributed by atoms with Crippen LogP contribution in [0.2, 0.25) is 25.7 Å². The van der Waals surface area contributed by atoms with Gasteiger partial charge in [0.05, 0.1) is 36.4 Å². The molecule has 2 amide bonds. The highest BCUT2D eigenvalue weighted by molar-refractivity contribution is 6.76. The van der Waals surface area contributed by atoms with Crippen LogP contribution in [-0.4, -0.2) is 88.7 Å². The molecule has 1 aliphatic carbocycles. The monoisotopic (exact) mass is 683 g/mol. The van der Waals surface area contributed by atoms with Gasteiger partial charge < -0.3 is 34.1 Å². The molecule has 0 spiro atoms. The topological polar surface area (TPSA) is 128 Å². The number of aryl methyl sites for hydroxylation is 1. The fourth-order valence-corrected chi connectivity index (χ4v) is 6.51. The van der Waals surface area contributed by atoms with E-state index in [0.29, 0.717) is 77.0 Å². The number of hydrogen-bond acceptors (Lipinski definition) is 8. The number of piperidine rings is 1. The number of aliphatic hydroxyl groups is 1. The smallest absolute Gasteiger partial charge is 0.410 e. The highest BCUT2D eigenvalue weighted by atomic mass is 28.3. The average molecular weight is 684 g/mol. The third-order valence-electron chi connectivity index (χ3n) is 8.78. The maximum absolute atomic E-state index is 14.8. The fourth-order valence-electron chi connectivity index (χ4n) is 5.75. The van der Waals surface area contributed by atoms with Crippen LogP contribution in [0.25, 0.3) is 22.3 Å². The summed E-state index contributed by atoms with van der Waals surface area (Å²) in [6.07, 6.45) is 2.44. The summed E-state index contributed by atoms with van der Waals surface area (Å²) < 4.78 is 34.5. The van der Waals surface area contributed by atoms with Gasteiger partial charge in [0.2, 0.25) is 0 Å². The van der Waals surface area contributed by atoms with Gasteiger partial charge in [0, 0.05) is 38.5 Å². The first-order valence-electron chi connectivity index (χ1n) is 16.8. The Kier molecular flexibility index (Phi) is 10.5. The van der Waals surface area contributed by atoms with Gasteiger partial charge in [0.25, 0.3) is 5.91 Å². The lowest BCUT2D eigenvalue weighted by Crippen LogP contribution is -2.56. The number of likely N-dealkylation sites (tertiary alicyclic amines) is 1. The maximum atomic E-state index is 14.8. The molecule has 2 aliphatic rings. The number of aromatic nitrogens is 3. The number of ether oxygens (including phenoxy) is 3. The second-order valence-corrected chi connectivity index (χ2v) is 21.0. The summed E-state index contributed by atoms with van der Waals surface area (Å²) in [5.41, 5.74) is 2.86. The summed E-state index contributed by atoms with van der Waals surface area (Å²) in [6, 6.07) is 3.51. The van der Waals surface area contributed by atoms with E-state index in [1.807, 2.05) is 11.5 Å². The third kappa shape index (κ3) is 8.53. The molecular formula is C35H50FN5O6Si. The van der Waals surface area contributed by atoms with Crippen molar-refractivity contribution in [2.24, 2.45) is 5.92 Å². The van der Waals surface area contributed by atoms with Gasteiger partial charge >= 0.3 is 6.09 Å². The number of fused-ring (bicyclic) bond motifs is 1. The van der Waals surface area contributed by atoms with Crippen LogP contribution in [0.15, 0.2) is 18.5 Å². The van der Waals surface area contributed by atoms with Crippen LogP contribution in [0.1, 0.15) is 61.6 Å². The van der Waals surface area contributed by atoms with Crippen molar-refractivity contribution in [1.82, 2.24) is 24.8 Å². The van der Waals surface area contributed by atoms with Crippen LogP contribution in [0.5, 0.6) is 5.75 Å². The molecule has 2 fully saturated rings. The predicted octanol–water partition coefficient (Wildman–Crippen LogP) is 6.06. The van der Waals surface area contributed by atoms with E-state index in [2.05, 4.69) is 34.9 Å². The molecule has 11 nitrogen and oxygen atoms in total. The Morgan fingerprint density at radius 2 is 1.85 bits per heavy atom. The van der Waals surface area contributed by atoms with Gasteiger partial charge in [-0.3, -0.25) is 4.79 Å². The SMILES string of the molecule is Cc1cc(-c2ncnc3c(C(=O)N[C@@H]4CCN(C(=O)OC(C)(C)C)C[C@H]4O)c(C)n(COCC[Si](C)(C)C)c23)c(OCC2CC2)cc1F. The molecule has 0 radical (unpaired) electrons. The zero-order valence-electron chi connectivity index (χ0n) is 29.5. The lowest BCUT2D eigenvalue weighted by Gasteiger charge is -2.36. The number of nitrogens with one attached hydrogen (secondary N) is 1. The Balaban J connectivity index is 1.49. The summed E-state index contributed by atoms with van der Waals surface area (Å²) >= 11 is 0. The van der Waals surface area contributed by atoms with Crippen molar-refractivity contribution >= 4 is 31.1 Å². The molecule has 262 valence electrons. The molecule has 2 atom stereocenters. The van der Waals surface area contributed by atoms with E-state index in [1.165, 1.54) is 17.3 Å². The molecule has 3 heterocycles. The molecular weight excluding hydrogens is 633 g/mol. The van der Waals surface area contributed by atoms with E-state index in [4.69, 9.17) is 14.2 Å². The summed E-state index contributed by atoms with van der Waals surface area (Å²) in [5.74, 6) is 0.0757.